The van der Waals surface area contributed by atoms with Crippen LogP contribution in [0.25, 0.3) is 0 Å². The lowest BCUT2D eigenvalue weighted by Crippen LogP contribution is -2.13. The first kappa shape index (κ1) is 22.5. The van der Waals surface area contributed by atoms with Gasteiger partial charge in [0.2, 0.25) is 0 Å². The molecule has 2 heterocycles. The van der Waals surface area contributed by atoms with Crippen molar-refractivity contribution in [1.29, 1.82) is 0 Å². The second kappa shape index (κ2) is 9.34. The molecular formula is C21H26N6O3S. The number of aromatic nitrogens is 5. The predicted molar refractivity (Wildman–Crippen MR) is 119 cm³/mol. The highest BCUT2D eigenvalue weighted by molar-refractivity contribution is 7.98. The Kier molecular flexibility index (Phi) is 6.79. The van der Waals surface area contributed by atoms with Crippen molar-refractivity contribution >= 4 is 17.4 Å². The average Bonchev–Trinajstić information content (AvgIpc) is 3.34. The molecule has 2 aromatic heterocycles. The third kappa shape index (κ3) is 5.52. The van der Waals surface area contributed by atoms with Gasteiger partial charge in [-0.3, -0.25) is 19.4 Å². The summed E-state index contributed by atoms with van der Waals surface area (Å²) in [6.07, 6.45) is 4.05. The van der Waals surface area contributed by atoms with Crippen LogP contribution in [0, 0.1) is 10.1 Å². The van der Waals surface area contributed by atoms with Crippen molar-refractivity contribution in [3.05, 3.63) is 70.8 Å². The Morgan fingerprint density at radius 1 is 1.29 bits per heavy atom. The first-order valence-corrected chi connectivity index (χ1v) is 10.8. The largest absolute Gasteiger partial charge is 0.483 e. The lowest BCUT2D eigenvalue weighted by Gasteiger charge is -2.20. The monoisotopic (exact) mass is 442 g/mol. The van der Waals surface area contributed by atoms with E-state index in [1.54, 1.807) is 6.08 Å². The third-order valence-corrected chi connectivity index (χ3v) is 5.56. The highest BCUT2D eigenvalue weighted by atomic mass is 32.2. The zero-order chi connectivity index (χ0) is 22.6. The first-order chi connectivity index (χ1) is 14.7. The maximum absolute atomic E-state index is 10.8. The van der Waals surface area contributed by atoms with Crippen molar-refractivity contribution < 1.29 is 9.66 Å². The third-order valence-electron chi connectivity index (χ3n) is 4.61. The van der Waals surface area contributed by atoms with E-state index in [9.17, 15) is 10.1 Å². The molecule has 0 amide bonds. The second-order valence-corrected chi connectivity index (χ2v) is 8.96. The van der Waals surface area contributed by atoms with Gasteiger partial charge in [-0.05, 0) is 30.0 Å². The summed E-state index contributed by atoms with van der Waals surface area (Å²) in [7, 11) is 0. The van der Waals surface area contributed by atoms with Gasteiger partial charge in [0.15, 0.2) is 17.1 Å². The molecule has 10 heteroatoms. The van der Waals surface area contributed by atoms with Gasteiger partial charge in [0.1, 0.15) is 18.1 Å². The molecule has 3 aromatic rings. The van der Waals surface area contributed by atoms with Gasteiger partial charge in [0, 0.05) is 6.54 Å². The van der Waals surface area contributed by atoms with Gasteiger partial charge in [0.05, 0.1) is 10.8 Å². The summed E-state index contributed by atoms with van der Waals surface area (Å²) in [6.45, 7) is 12.8. The van der Waals surface area contributed by atoms with Crippen molar-refractivity contribution in [2.24, 2.45) is 0 Å². The standard InChI is InChI=1S/C21H26N6O3S/c1-6-11-26-19(15(2)30-18-9-7-16(8-10-18)21(3,4)5)23-24-20(26)31-14-25-13-17(12-22-25)27(28)29/h6-10,12-13,15H,1,11,14H2,2-5H3. The summed E-state index contributed by atoms with van der Waals surface area (Å²) in [5.74, 6) is 1.80. The molecule has 0 aliphatic heterocycles. The SMILES string of the molecule is C=CCn1c(SCn2cc([N+](=O)[O-])cn2)nnc1C(C)Oc1ccc(C(C)(C)C)cc1. The van der Waals surface area contributed by atoms with Gasteiger partial charge in [-0.15, -0.1) is 16.8 Å². The molecule has 0 N–H and O–H groups in total. The van der Waals surface area contributed by atoms with Gasteiger partial charge in [-0.25, -0.2) is 0 Å². The molecule has 164 valence electrons. The molecule has 0 saturated heterocycles. The molecule has 31 heavy (non-hydrogen) atoms. The molecule has 0 bridgehead atoms. The lowest BCUT2D eigenvalue weighted by atomic mass is 9.87. The molecule has 9 nitrogen and oxygen atoms in total. The lowest BCUT2D eigenvalue weighted by molar-refractivity contribution is -0.385. The fourth-order valence-electron chi connectivity index (χ4n) is 2.94. The number of benzene rings is 1. The summed E-state index contributed by atoms with van der Waals surface area (Å²) < 4.78 is 9.51. The maximum Gasteiger partial charge on any atom is 0.307 e. The minimum Gasteiger partial charge on any atom is -0.483 e. The minimum absolute atomic E-state index is 0.0478. The number of thioether (sulfide) groups is 1. The van der Waals surface area contributed by atoms with Crippen LogP contribution in [0.15, 0.2) is 54.5 Å². The molecule has 1 aromatic carbocycles. The van der Waals surface area contributed by atoms with Crippen molar-refractivity contribution in [3.63, 3.8) is 0 Å². The van der Waals surface area contributed by atoms with E-state index < -0.39 is 4.92 Å². The summed E-state index contributed by atoms with van der Waals surface area (Å²) in [5, 5.41) is 24.1. The minimum atomic E-state index is -0.473. The van der Waals surface area contributed by atoms with Crippen LogP contribution in [0.2, 0.25) is 0 Å². The molecule has 0 fully saturated rings. The summed E-state index contributed by atoms with van der Waals surface area (Å²) >= 11 is 1.38. The van der Waals surface area contributed by atoms with E-state index in [0.29, 0.717) is 23.4 Å². The van der Waals surface area contributed by atoms with E-state index >= 15 is 0 Å². The van der Waals surface area contributed by atoms with E-state index in [1.165, 1.54) is 34.4 Å². The zero-order valence-electron chi connectivity index (χ0n) is 18.1. The quantitative estimate of drug-likeness (QED) is 0.204. The Hall–Kier alpha value is -3.14. The second-order valence-electron chi connectivity index (χ2n) is 8.04. The summed E-state index contributed by atoms with van der Waals surface area (Å²) in [5.41, 5.74) is 1.27. The van der Waals surface area contributed by atoms with Crippen LogP contribution in [-0.2, 0) is 17.8 Å². The highest BCUT2D eigenvalue weighted by Crippen LogP contribution is 2.28. The van der Waals surface area contributed by atoms with Gasteiger partial charge >= 0.3 is 5.69 Å². The maximum atomic E-state index is 10.8. The Bertz CT molecular complexity index is 1050. The number of nitrogens with zero attached hydrogens (tertiary/aromatic N) is 6. The van der Waals surface area contributed by atoms with Crippen LogP contribution in [0.1, 0.15) is 45.2 Å². The topological polar surface area (TPSA) is 101 Å². The first-order valence-electron chi connectivity index (χ1n) is 9.80. The van der Waals surface area contributed by atoms with Crippen molar-refractivity contribution in [1.82, 2.24) is 24.5 Å². The van der Waals surface area contributed by atoms with Crippen molar-refractivity contribution in [2.75, 3.05) is 0 Å². The van der Waals surface area contributed by atoms with Crippen LogP contribution in [0.5, 0.6) is 5.75 Å². The van der Waals surface area contributed by atoms with Crippen LogP contribution >= 0.6 is 11.8 Å². The number of allylic oxidation sites excluding steroid dienone is 1. The average molecular weight is 443 g/mol. The predicted octanol–water partition coefficient (Wildman–Crippen LogP) is 4.76. The summed E-state index contributed by atoms with van der Waals surface area (Å²) in [4.78, 5) is 10.3. The molecule has 0 aliphatic rings. The van der Waals surface area contributed by atoms with E-state index in [-0.39, 0.29) is 17.2 Å². The van der Waals surface area contributed by atoms with Gasteiger partial charge in [-0.2, -0.15) is 5.10 Å². The Morgan fingerprint density at radius 2 is 2.00 bits per heavy atom. The highest BCUT2D eigenvalue weighted by Gasteiger charge is 2.20. The Morgan fingerprint density at radius 3 is 2.58 bits per heavy atom. The fraction of sp³-hybridized carbons (Fsp3) is 0.381. The molecule has 0 saturated carbocycles. The van der Waals surface area contributed by atoms with Gasteiger partial charge in [-0.1, -0.05) is 50.7 Å². The van der Waals surface area contributed by atoms with E-state index in [4.69, 9.17) is 4.74 Å². The summed E-state index contributed by atoms with van der Waals surface area (Å²) in [6, 6.07) is 8.07. The van der Waals surface area contributed by atoms with Crippen LogP contribution < -0.4 is 4.74 Å². The number of rotatable bonds is 9. The Balaban J connectivity index is 1.72. The molecule has 0 aliphatic carbocycles. The smallest absolute Gasteiger partial charge is 0.307 e. The van der Waals surface area contributed by atoms with Gasteiger partial charge in [0.25, 0.3) is 0 Å². The normalized spacial score (nSPS) is 12.5. The number of ether oxygens (including phenoxy) is 1. The van der Waals surface area contributed by atoms with Crippen molar-refractivity contribution in [3.8, 4) is 5.75 Å². The van der Waals surface area contributed by atoms with Crippen molar-refractivity contribution in [2.45, 2.75) is 56.8 Å². The Labute approximate surface area is 185 Å². The van der Waals surface area contributed by atoms with Crippen LogP contribution in [0.3, 0.4) is 0 Å². The van der Waals surface area contributed by atoms with E-state index in [1.807, 2.05) is 23.6 Å². The molecule has 0 spiro atoms. The molecule has 1 atom stereocenters. The van der Waals surface area contributed by atoms with Gasteiger partial charge < -0.3 is 4.74 Å². The zero-order valence-corrected chi connectivity index (χ0v) is 18.9. The fourth-order valence-corrected chi connectivity index (χ4v) is 3.75. The van der Waals surface area contributed by atoms with E-state index in [2.05, 4.69) is 54.8 Å². The molecule has 1 unspecified atom stereocenters. The molecular weight excluding hydrogens is 416 g/mol. The number of hydrogen-bond donors (Lipinski definition) is 0. The van der Waals surface area contributed by atoms with Crippen LogP contribution in [-0.4, -0.2) is 29.5 Å². The molecule has 0 radical (unpaired) electrons. The number of hydrogen-bond acceptors (Lipinski definition) is 7. The van der Waals surface area contributed by atoms with Crippen LogP contribution in [0.4, 0.5) is 5.69 Å². The number of nitro groups is 1. The van der Waals surface area contributed by atoms with E-state index in [0.717, 1.165) is 5.75 Å². The molecule has 3 rings (SSSR count).